The molecule has 0 aliphatic heterocycles. The van der Waals surface area contributed by atoms with Gasteiger partial charge >= 0.3 is 5.97 Å². The summed E-state index contributed by atoms with van der Waals surface area (Å²) < 4.78 is 10.4. The van der Waals surface area contributed by atoms with Gasteiger partial charge in [0.2, 0.25) is 0 Å². The van der Waals surface area contributed by atoms with E-state index in [0.29, 0.717) is 19.6 Å². The van der Waals surface area contributed by atoms with Gasteiger partial charge in [0.25, 0.3) is 0 Å². The summed E-state index contributed by atoms with van der Waals surface area (Å²) in [5, 5.41) is 0. The van der Waals surface area contributed by atoms with Gasteiger partial charge in [-0.2, -0.15) is 0 Å². The molecule has 88 valence electrons. The van der Waals surface area contributed by atoms with Crippen LogP contribution in [0.2, 0.25) is 0 Å². The molecule has 0 aromatic heterocycles. The fourth-order valence-corrected chi connectivity index (χ4v) is 0.980. The van der Waals surface area contributed by atoms with Crippen LogP contribution < -0.4 is 0 Å². The molecule has 0 saturated heterocycles. The smallest absolute Gasteiger partial charge is 0.308 e. The van der Waals surface area contributed by atoms with Gasteiger partial charge in [0.1, 0.15) is 5.60 Å². The highest BCUT2D eigenvalue weighted by Gasteiger charge is 2.15. The lowest BCUT2D eigenvalue weighted by molar-refractivity contribution is -0.156. The number of carbonyl (C=O) groups is 1. The van der Waals surface area contributed by atoms with E-state index in [0.717, 1.165) is 12.8 Å². The van der Waals surface area contributed by atoms with E-state index in [9.17, 15) is 4.79 Å². The Morgan fingerprint density at radius 2 is 2.00 bits per heavy atom. The summed E-state index contributed by atoms with van der Waals surface area (Å²) in [6.45, 7) is 10.3. The van der Waals surface area contributed by atoms with Crippen molar-refractivity contribution < 1.29 is 14.3 Å². The van der Waals surface area contributed by atoms with Crippen molar-refractivity contribution in [2.45, 2.75) is 45.6 Å². The summed E-state index contributed by atoms with van der Waals surface area (Å²) in [5.74, 6) is -0.203. The second-order valence-electron chi connectivity index (χ2n) is 4.38. The monoisotopic (exact) mass is 214 g/mol. The molecular formula is C12H22O3. The Balaban J connectivity index is 3.36. The van der Waals surface area contributed by atoms with E-state index in [1.54, 1.807) is 0 Å². The Bertz CT molecular complexity index is 192. The van der Waals surface area contributed by atoms with E-state index in [1.807, 2.05) is 26.8 Å². The number of allylic oxidation sites excluding steroid dienone is 1. The zero-order valence-electron chi connectivity index (χ0n) is 10.0. The topological polar surface area (TPSA) is 35.5 Å². The van der Waals surface area contributed by atoms with Crippen LogP contribution >= 0.6 is 0 Å². The first-order valence-corrected chi connectivity index (χ1v) is 5.36. The molecule has 0 aliphatic carbocycles. The van der Waals surface area contributed by atoms with Crippen LogP contribution in [0, 0.1) is 0 Å². The van der Waals surface area contributed by atoms with Gasteiger partial charge in [-0.05, 0) is 33.6 Å². The maximum atomic E-state index is 11.2. The van der Waals surface area contributed by atoms with Crippen LogP contribution in [-0.4, -0.2) is 24.8 Å². The van der Waals surface area contributed by atoms with Crippen molar-refractivity contribution in [3.05, 3.63) is 12.7 Å². The van der Waals surface area contributed by atoms with Crippen molar-refractivity contribution in [2.75, 3.05) is 13.2 Å². The number of unbranched alkanes of at least 4 members (excludes halogenated alkanes) is 1. The van der Waals surface area contributed by atoms with E-state index in [2.05, 4.69) is 6.58 Å². The van der Waals surface area contributed by atoms with Crippen molar-refractivity contribution in [3.63, 3.8) is 0 Å². The first kappa shape index (κ1) is 14.2. The Morgan fingerprint density at radius 1 is 1.33 bits per heavy atom. The summed E-state index contributed by atoms with van der Waals surface area (Å²) >= 11 is 0. The largest absolute Gasteiger partial charge is 0.460 e. The highest BCUT2D eigenvalue weighted by Crippen LogP contribution is 2.08. The van der Waals surface area contributed by atoms with Crippen LogP contribution in [0.4, 0.5) is 0 Å². The fourth-order valence-electron chi connectivity index (χ4n) is 0.980. The van der Waals surface area contributed by atoms with E-state index >= 15 is 0 Å². The van der Waals surface area contributed by atoms with E-state index in [-0.39, 0.29) is 5.97 Å². The summed E-state index contributed by atoms with van der Waals surface area (Å²) in [7, 11) is 0. The second-order valence-corrected chi connectivity index (χ2v) is 4.38. The molecule has 0 unspecified atom stereocenters. The van der Waals surface area contributed by atoms with Crippen molar-refractivity contribution in [2.24, 2.45) is 0 Å². The SMILES string of the molecule is C=CCCCOCCC(=O)OC(C)(C)C. The molecule has 0 fully saturated rings. The Kier molecular flexibility index (Phi) is 7.05. The number of rotatable bonds is 7. The molecule has 0 bridgehead atoms. The molecule has 0 aliphatic rings. The number of hydrogen-bond donors (Lipinski definition) is 0. The molecule has 3 heteroatoms. The predicted molar refractivity (Wildman–Crippen MR) is 60.7 cm³/mol. The molecule has 0 saturated carbocycles. The minimum Gasteiger partial charge on any atom is -0.460 e. The lowest BCUT2D eigenvalue weighted by Gasteiger charge is -2.19. The highest BCUT2D eigenvalue weighted by atomic mass is 16.6. The fraction of sp³-hybridized carbons (Fsp3) is 0.750. The molecule has 0 atom stereocenters. The molecule has 0 amide bonds. The molecule has 3 nitrogen and oxygen atoms in total. The van der Waals surface area contributed by atoms with Crippen LogP contribution in [0.25, 0.3) is 0 Å². The van der Waals surface area contributed by atoms with Crippen molar-refractivity contribution in [3.8, 4) is 0 Å². The van der Waals surface area contributed by atoms with Crippen molar-refractivity contribution in [1.29, 1.82) is 0 Å². The van der Waals surface area contributed by atoms with Crippen LogP contribution in [0.3, 0.4) is 0 Å². The van der Waals surface area contributed by atoms with Gasteiger partial charge in [0.15, 0.2) is 0 Å². The molecule has 0 rings (SSSR count). The summed E-state index contributed by atoms with van der Waals surface area (Å²) in [6, 6.07) is 0. The molecule has 0 N–H and O–H groups in total. The number of esters is 1. The Hall–Kier alpha value is -0.830. The number of carbonyl (C=O) groups excluding carboxylic acids is 1. The van der Waals surface area contributed by atoms with E-state index < -0.39 is 5.60 Å². The lowest BCUT2D eigenvalue weighted by Crippen LogP contribution is -2.24. The molecule has 0 spiro atoms. The van der Waals surface area contributed by atoms with Gasteiger partial charge < -0.3 is 9.47 Å². The van der Waals surface area contributed by atoms with Crippen LogP contribution in [0.1, 0.15) is 40.0 Å². The number of ether oxygens (including phenoxy) is 2. The Labute approximate surface area is 92.5 Å². The molecule has 0 heterocycles. The van der Waals surface area contributed by atoms with E-state index in [4.69, 9.17) is 9.47 Å². The molecule has 15 heavy (non-hydrogen) atoms. The predicted octanol–water partition coefficient (Wildman–Crippen LogP) is 2.70. The van der Waals surface area contributed by atoms with Gasteiger partial charge in [-0.15, -0.1) is 6.58 Å². The lowest BCUT2D eigenvalue weighted by atomic mass is 10.2. The maximum Gasteiger partial charge on any atom is 0.308 e. The van der Waals surface area contributed by atoms with Gasteiger partial charge in [-0.3, -0.25) is 4.79 Å². The molecule has 0 aromatic rings. The first-order valence-electron chi connectivity index (χ1n) is 5.36. The third-order valence-electron chi connectivity index (χ3n) is 1.57. The third-order valence-corrected chi connectivity index (χ3v) is 1.57. The number of hydrogen-bond acceptors (Lipinski definition) is 3. The summed E-state index contributed by atoms with van der Waals surface area (Å²) in [5.41, 5.74) is -0.403. The Morgan fingerprint density at radius 3 is 2.53 bits per heavy atom. The maximum absolute atomic E-state index is 11.2. The molecular weight excluding hydrogens is 192 g/mol. The van der Waals surface area contributed by atoms with Gasteiger partial charge in [0.05, 0.1) is 13.0 Å². The van der Waals surface area contributed by atoms with Crippen LogP contribution in [0.15, 0.2) is 12.7 Å². The van der Waals surface area contributed by atoms with Crippen molar-refractivity contribution >= 4 is 5.97 Å². The van der Waals surface area contributed by atoms with Gasteiger partial charge in [0, 0.05) is 6.61 Å². The summed E-state index contributed by atoms with van der Waals surface area (Å²) in [4.78, 5) is 11.2. The quantitative estimate of drug-likeness (QED) is 0.371. The van der Waals surface area contributed by atoms with Crippen LogP contribution in [0.5, 0.6) is 0 Å². The molecule has 0 aromatic carbocycles. The van der Waals surface area contributed by atoms with Crippen molar-refractivity contribution in [1.82, 2.24) is 0 Å². The van der Waals surface area contributed by atoms with E-state index in [1.165, 1.54) is 0 Å². The third kappa shape index (κ3) is 11.1. The zero-order chi connectivity index (χ0) is 11.7. The van der Waals surface area contributed by atoms with Crippen LogP contribution in [-0.2, 0) is 14.3 Å². The second kappa shape index (κ2) is 7.46. The van der Waals surface area contributed by atoms with Gasteiger partial charge in [-0.25, -0.2) is 0 Å². The first-order chi connectivity index (χ1) is 6.95. The normalized spacial score (nSPS) is 11.1. The standard InChI is InChI=1S/C12H22O3/c1-5-6-7-9-14-10-8-11(13)15-12(2,3)4/h5H,1,6-10H2,2-4H3. The molecule has 0 radical (unpaired) electrons. The minimum atomic E-state index is -0.403. The zero-order valence-corrected chi connectivity index (χ0v) is 10.0. The highest BCUT2D eigenvalue weighted by molar-refractivity contribution is 5.69. The average Bonchev–Trinajstić information content (AvgIpc) is 2.08. The van der Waals surface area contributed by atoms with Gasteiger partial charge in [-0.1, -0.05) is 6.08 Å². The average molecular weight is 214 g/mol. The minimum absolute atomic E-state index is 0.203. The summed E-state index contributed by atoms with van der Waals surface area (Å²) in [6.07, 6.45) is 4.09.